The number of amides is 1. The summed E-state index contributed by atoms with van der Waals surface area (Å²) in [7, 11) is 0. The summed E-state index contributed by atoms with van der Waals surface area (Å²) in [5.41, 5.74) is 0.980. The summed E-state index contributed by atoms with van der Waals surface area (Å²) < 4.78 is 9.52. The zero-order chi connectivity index (χ0) is 14.1. The third-order valence-electron chi connectivity index (χ3n) is 2.72. The van der Waals surface area contributed by atoms with E-state index in [0.717, 1.165) is 5.69 Å². The van der Waals surface area contributed by atoms with Gasteiger partial charge < -0.3 is 9.73 Å². The molecule has 0 aliphatic heterocycles. The molecule has 0 aliphatic rings. The van der Waals surface area contributed by atoms with Crippen LogP contribution in [-0.4, -0.2) is 10.3 Å². The first-order valence-corrected chi connectivity index (χ1v) is 6.68. The Morgan fingerprint density at radius 2 is 2.10 bits per heavy atom. The number of aryl methyl sites for hydroxylation is 1. The van der Waals surface area contributed by atoms with Crippen molar-refractivity contribution in [2.24, 2.45) is 0 Å². The summed E-state index contributed by atoms with van der Waals surface area (Å²) in [5, 5.41) is 3.73. The first-order chi connectivity index (χ1) is 9.63. The maximum atomic E-state index is 12.1. The Bertz CT molecular complexity index is 851. The number of carbonyl (C=O) groups excluding carboxylic acids is 1. The Balaban J connectivity index is 1.97. The number of aromatic nitrogens is 1. The molecule has 3 aromatic rings. The smallest absolute Gasteiger partial charge is 0.292 e. The predicted molar refractivity (Wildman–Crippen MR) is 77.3 cm³/mol. The van der Waals surface area contributed by atoms with E-state index < -0.39 is 5.91 Å². The van der Waals surface area contributed by atoms with Gasteiger partial charge in [0, 0.05) is 6.07 Å². The van der Waals surface area contributed by atoms with Gasteiger partial charge >= 0.3 is 0 Å². The molecule has 1 aromatic carbocycles. The molecular weight excluding hydrogens is 276 g/mol. The molecular formula is C14H10N2O3S. The minimum absolute atomic E-state index is 0.0141. The second-order valence-corrected chi connectivity index (χ2v) is 5.06. The van der Waals surface area contributed by atoms with Crippen molar-refractivity contribution in [3.8, 4) is 0 Å². The van der Waals surface area contributed by atoms with Gasteiger partial charge in [-0.2, -0.15) is 4.37 Å². The zero-order valence-electron chi connectivity index (χ0n) is 10.5. The molecule has 5 nitrogen and oxygen atoms in total. The molecule has 0 saturated carbocycles. The zero-order valence-corrected chi connectivity index (χ0v) is 11.4. The Kier molecular flexibility index (Phi) is 3.08. The van der Waals surface area contributed by atoms with Crippen LogP contribution in [-0.2, 0) is 0 Å². The highest BCUT2D eigenvalue weighted by Gasteiger charge is 2.13. The van der Waals surface area contributed by atoms with Gasteiger partial charge in [-0.15, -0.1) is 0 Å². The van der Waals surface area contributed by atoms with Crippen LogP contribution in [0, 0.1) is 6.92 Å². The topological polar surface area (TPSA) is 72.2 Å². The summed E-state index contributed by atoms with van der Waals surface area (Å²) in [6.07, 6.45) is 0. The fraction of sp³-hybridized carbons (Fsp3) is 0.0714. The van der Waals surface area contributed by atoms with Gasteiger partial charge in [-0.25, -0.2) is 0 Å². The molecule has 2 aromatic heterocycles. The summed E-state index contributed by atoms with van der Waals surface area (Å²) in [6, 6.07) is 9.77. The molecule has 0 unspecified atom stereocenters. The number of para-hydroxylation sites is 1. The molecule has 0 atom stereocenters. The number of benzene rings is 1. The molecule has 1 amide bonds. The maximum Gasteiger partial charge on any atom is 0.292 e. The lowest BCUT2D eigenvalue weighted by Gasteiger charge is -2.02. The van der Waals surface area contributed by atoms with Gasteiger partial charge in [0.25, 0.3) is 5.91 Å². The Hall–Kier alpha value is -2.47. The Labute approximate surface area is 118 Å². The van der Waals surface area contributed by atoms with Crippen molar-refractivity contribution in [2.45, 2.75) is 6.92 Å². The lowest BCUT2D eigenvalue weighted by molar-refractivity contribution is 0.0997. The van der Waals surface area contributed by atoms with Crippen LogP contribution in [0.15, 0.2) is 45.6 Å². The van der Waals surface area contributed by atoms with Crippen LogP contribution >= 0.6 is 11.5 Å². The van der Waals surface area contributed by atoms with Gasteiger partial charge in [0.05, 0.1) is 11.1 Å². The van der Waals surface area contributed by atoms with Crippen LogP contribution < -0.4 is 10.7 Å². The number of hydrogen-bond donors (Lipinski definition) is 1. The highest BCUT2D eigenvalue weighted by Crippen LogP contribution is 2.17. The number of fused-ring (bicyclic) bond motifs is 1. The number of hydrogen-bond acceptors (Lipinski definition) is 5. The molecule has 0 bridgehead atoms. The van der Waals surface area contributed by atoms with Crippen molar-refractivity contribution in [3.63, 3.8) is 0 Å². The molecule has 3 rings (SSSR count). The van der Waals surface area contributed by atoms with Gasteiger partial charge in [0.1, 0.15) is 10.6 Å². The fourth-order valence-electron chi connectivity index (χ4n) is 1.81. The molecule has 0 aliphatic carbocycles. The number of nitrogens with zero attached hydrogens (tertiary/aromatic N) is 1. The maximum absolute atomic E-state index is 12.1. The molecule has 0 spiro atoms. The molecule has 0 radical (unpaired) electrons. The SMILES string of the molecule is Cc1cc(NC(=O)c2cc(=O)c3ccccc3o2)sn1. The molecule has 0 fully saturated rings. The number of rotatable bonds is 2. The number of nitrogens with one attached hydrogen (secondary N) is 1. The van der Waals surface area contributed by atoms with Crippen molar-refractivity contribution in [1.82, 2.24) is 4.37 Å². The number of carbonyl (C=O) groups is 1. The quantitative estimate of drug-likeness (QED) is 0.786. The minimum atomic E-state index is -0.462. The summed E-state index contributed by atoms with van der Waals surface area (Å²) in [5.74, 6) is -0.476. The van der Waals surface area contributed by atoms with E-state index in [0.29, 0.717) is 16.0 Å². The molecule has 1 N–H and O–H groups in total. The molecule has 0 saturated heterocycles. The van der Waals surface area contributed by atoms with E-state index in [1.807, 2.05) is 6.92 Å². The van der Waals surface area contributed by atoms with E-state index >= 15 is 0 Å². The van der Waals surface area contributed by atoms with Gasteiger partial charge in [-0.1, -0.05) is 12.1 Å². The third kappa shape index (κ3) is 2.33. The van der Waals surface area contributed by atoms with Gasteiger partial charge in [-0.3, -0.25) is 9.59 Å². The fourth-order valence-corrected chi connectivity index (χ4v) is 2.47. The average molecular weight is 286 g/mol. The summed E-state index contributed by atoms with van der Waals surface area (Å²) in [4.78, 5) is 24.0. The summed E-state index contributed by atoms with van der Waals surface area (Å²) >= 11 is 1.18. The Morgan fingerprint density at radius 3 is 2.85 bits per heavy atom. The van der Waals surface area contributed by atoms with Crippen LogP contribution in [0.3, 0.4) is 0 Å². The van der Waals surface area contributed by atoms with Crippen molar-refractivity contribution in [2.75, 3.05) is 5.32 Å². The van der Waals surface area contributed by atoms with Crippen molar-refractivity contribution in [1.29, 1.82) is 0 Å². The lowest BCUT2D eigenvalue weighted by atomic mass is 10.2. The standard InChI is InChI=1S/C14H10N2O3S/c1-8-6-13(20-16-8)15-14(18)12-7-10(17)9-4-2-3-5-11(9)19-12/h2-7H,1H3,(H,15,18). The van der Waals surface area contributed by atoms with Crippen molar-refractivity contribution < 1.29 is 9.21 Å². The second-order valence-electron chi connectivity index (χ2n) is 4.26. The predicted octanol–water partition coefficient (Wildman–Crippen LogP) is 2.81. The largest absolute Gasteiger partial charge is 0.451 e. The molecule has 20 heavy (non-hydrogen) atoms. The lowest BCUT2D eigenvalue weighted by Crippen LogP contribution is -2.14. The van der Waals surface area contributed by atoms with Gasteiger partial charge in [0.15, 0.2) is 11.2 Å². The van der Waals surface area contributed by atoms with Gasteiger partial charge in [0.2, 0.25) is 0 Å². The normalized spacial score (nSPS) is 10.7. The monoisotopic (exact) mass is 286 g/mol. The first kappa shape index (κ1) is 12.6. The first-order valence-electron chi connectivity index (χ1n) is 5.91. The van der Waals surface area contributed by atoms with Crippen LogP contribution in [0.1, 0.15) is 16.2 Å². The van der Waals surface area contributed by atoms with Crippen LogP contribution in [0.2, 0.25) is 0 Å². The van der Waals surface area contributed by atoms with Crippen LogP contribution in [0.25, 0.3) is 11.0 Å². The van der Waals surface area contributed by atoms with E-state index in [1.165, 1.54) is 17.6 Å². The Morgan fingerprint density at radius 1 is 1.30 bits per heavy atom. The average Bonchev–Trinajstić information content (AvgIpc) is 2.84. The minimum Gasteiger partial charge on any atom is -0.451 e. The van der Waals surface area contributed by atoms with Crippen LogP contribution in [0.4, 0.5) is 5.00 Å². The highest BCUT2D eigenvalue weighted by atomic mass is 32.1. The second kappa shape index (κ2) is 4.90. The molecule has 100 valence electrons. The van der Waals surface area contributed by atoms with E-state index in [-0.39, 0.29) is 11.2 Å². The summed E-state index contributed by atoms with van der Waals surface area (Å²) in [6.45, 7) is 1.84. The van der Waals surface area contributed by atoms with E-state index in [2.05, 4.69) is 9.69 Å². The van der Waals surface area contributed by atoms with E-state index in [1.54, 1.807) is 30.3 Å². The van der Waals surface area contributed by atoms with Crippen LogP contribution in [0.5, 0.6) is 0 Å². The van der Waals surface area contributed by atoms with E-state index in [9.17, 15) is 9.59 Å². The van der Waals surface area contributed by atoms with Crippen molar-refractivity contribution in [3.05, 3.63) is 58.1 Å². The van der Waals surface area contributed by atoms with Gasteiger partial charge in [-0.05, 0) is 36.7 Å². The highest BCUT2D eigenvalue weighted by molar-refractivity contribution is 7.10. The molecule has 2 heterocycles. The van der Waals surface area contributed by atoms with Crippen molar-refractivity contribution >= 4 is 33.4 Å². The number of anilines is 1. The third-order valence-corrected chi connectivity index (χ3v) is 3.52. The van der Waals surface area contributed by atoms with E-state index in [4.69, 9.17) is 4.42 Å². The molecule has 6 heteroatoms.